The highest BCUT2D eigenvalue weighted by Crippen LogP contribution is 2.25. The Morgan fingerprint density at radius 2 is 1.95 bits per heavy atom. The smallest absolute Gasteiger partial charge is 0.325 e. The van der Waals surface area contributed by atoms with Gasteiger partial charge in [-0.2, -0.15) is 5.10 Å². The molecule has 1 aliphatic heterocycles. The largest absolute Gasteiger partial charge is 0.480 e. The standard InChI is InChI=1S/C16H19N3O2/c20-16(21)15(18-8-4-5-9-18)14-10-17-19(12-14)11-13-6-2-1-3-7-13/h1-3,6-7,10,12,15H,4-5,8-9,11H2,(H,20,21). The Balaban J connectivity index is 1.77. The molecule has 0 saturated carbocycles. The minimum Gasteiger partial charge on any atom is -0.480 e. The normalized spacial score (nSPS) is 17.0. The molecule has 2 aromatic rings. The van der Waals surface area contributed by atoms with E-state index in [1.807, 2.05) is 41.4 Å². The molecule has 1 fully saturated rings. The van der Waals surface area contributed by atoms with Crippen molar-refractivity contribution in [3.63, 3.8) is 0 Å². The molecule has 0 amide bonds. The Morgan fingerprint density at radius 3 is 2.62 bits per heavy atom. The summed E-state index contributed by atoms with van der Waals surface area (Å²) in [5.74, 6) is -0.795. The predicted octanol–water partition coefficient (Wildman–Crippen LogP) is 2.15. The van der Waals surface area contributed by atoms with E-state index in [-0.39, 0.29) is 0 Å². The van der Waals surface area contributed by atoms with Crippen molar-refractivity contribution in [2.24, 2.45) is 0 Å². The number of nitrogens with zero attached hydrogens (tertiary/aromatic N) is 3. The highest BCUT2D eigenvalue weighted by atomic mass is 16.4. The molecule has 0 bridgehead atoms. The Bertz CT molecular complexity index is 603. The van der Waals surface area contributed by atoms with Crippen LogP contribution in [0.2, 0.25) is 0 Å². The van der Waals surface area contributed by atoms with Crippen LogP contribution in [0.15, 0.2) is 42.7 Å². The van der Waals surface area contributed by atoms with E-state index in [4.69, 9.17) is 0 Å². The highest BCUT2D eigenvalue weighted by molar-refractivity contribution is 5.75. The minimum atomic E-state index is -0.795. The van der Waals surface area contributed by atoms with Crippen molar-refractivity contribution in [3.05, 3.63) is 53.9 Å². The molecule has 110 valence electrons. The maximum Gasteiger partial charge on any atom is 0.325 e. The Kier molecular flexibility index (Phi) is 4.01. The van der Waals surface area contributed by atoms with Crippen LogP contribution in [0.4, 0.5) is 0 Å². The van der Waals surface area contributed by atoms with Gasteiger partial charge in [0, 0.05) is 11.8 Å². The lowest BCUT2D eigenvalue weighted by Crippen LogP contribution is -2.31. The number of carboxylic acids is 1. The fourth-order valence-corrected chi connectivity index (χ4v) is 2.89. The monoisotopic (exact) mass is 285 g/mol. The average molecular weight is 285 g/mol. The van der Waals surface area contributed by atoms with Crippen molar-refractivity contribution in [1.82, 2.24) is 14.7 Å². The maximum absolute atomic E-state index is 11.6. The molecule has 0 radical (unpaired) electrons. The first kappa shape index (κ1) is 13.8. The van der Waals surface area contributed by atoms with Gasteiger partial charge in [0.25, 0.3) is 0 Å². The van der Waals surface area contributed by atoms with Crippen LogP contribution in [-0.2, 0) is 11.3 Å². The molecule has 1 aromatic carbocycles. The van der Waals surface area contributed by atoms with Crippen molar-refractivity contribution in [1.29, 1.82) is 0 Å². The van der Waals surface area contributed by atoms with Gasteiger partial charge in [-0.05, 0) is 31.5 Å². The van der Waals surface area contributed by atoms with Crippen LogP contribution < -0.4 is 0 Å². The summed E-state index contributed by atoms with van der Waals surface area (Å²) in [5.41, 5.74) is 1.92. The molecule has 1 N–H and O–H groups in total. The third kappa shape index (κ3) is 3.13. The van der Waals surface area contributed by atoms with E-state index in [9.17, 15) is 9.90 Å². The van der Waals surface area contributed by atoms with Gasteiger partial charge < -0.3 is 5.11 Å². The van der Waals surface area contributed by atoms with E-state index >= 15 is 0 Å². The van der Waals surface area contributed by atoms with Crippen LogP contribution in [0.3, 0.4) is 0 Å². The van der Waals surface area contributed by atoms with Gasteiger partial charge in [0.05, 0.1) is 12.7 Å². The van der Waals surface area contributed by atoms with Gasteiger partial charge in [0.1, 0.15) is 6.04 Å². The molecule has 2 heterocycles. The van der Waals surface area contributed by atoms with Gasteiger partial charge in [-0.3, -0.25) is 14.4 Å². The number of carbonyl (C=O) groups is 1. The predicted molar refractivity (Wildman–Crippen MR) is 79.0 cm³/mol. The van der Waals surface area contributed by atoms with E-state index in [0.717, 1.165) is 37.1 Å². The van der Waals surface area contributed by atoms with E-state index in [1.54, 1.807) is 10.9 Å². The van der Waals surface area contributed by atoms with Crippen LogP contribution in [0.1, 0.15) is 30.0 Å². The molecular weight excluding hydrogens is 266 g/mol. The molecule has 0 aliphatic carbocycles. The number of aromatic nitrogens is 2. The molecule has 1 unspecified atom stereocenters. The number of likely N-dealkylation sites (tertiary alicyclic amines) is 1. The molecule has 1 aromatic heterocycles. The summed E-state index contributed by atoms with van der Waals surface area (Å²) in [6.45, 7) is 2.36. The summed E-state index contributed by atoms with van der Waals surface area (Å²) >= 11 is 0. The molecule has 1 atom stereocenters. The number of carboxylic acid groups (broad SMARTS) is 1. The number of rotatable bonds is 5. The molecule has 1 aliphatic rings. The molecule has 1 saturated heterocycles. The first-order valence-electron chi connectivity index (χ1n) is 7.27. The van der Waals surface area contributed by atoms with E-state index < -0.39 is 12.0 Å². The van der Waals surface area contributed by atoms with Gasteiger partial charge in [-0.1, -0.05) is 30.3 Å². The number of hydrogen-bond donors (Lipinski definition) is 1. The van der Waals surface area contributed by atoms with Crippen LogP contribution in [0.5, 0.6) is 0 Å². The summed E-state index contributed by atoms with van der Waals surface area (Å²) in [6.07, 6.45) is 5.67. The Morgan fingerprint density at radius 1 is 1.24 bits per heavy atom. The third-order valence-electron chi connectivity index (χ3n) is 3.90. The number of aliphatic carboxylic acids is 1. The lowest BCUT2D eigenvalue weighted by atomic mass is 10.1. The molecule has 3 rings (SSSR count). The number of benzene rings is 1. The minimum absolute atomic E-state index is 0.572. The van der Waals surface area contributed by atoms with Crippen LogP contribution in [-0.4, -0.2) is 38.8 Å². The lowest BCUT2D eigenvalue weighted by Gasteiger charge is -2.22. The van der Waals surface area contributed by atoms with Crippen LogP contribution in [0.25, 0.3) is 0 Å². The average Bonchev–Trinajstić information content (AvgIpc) is 3.13. The second kappa shape index (κ2) is 6.10. The van der Waals surface area contributed by atoms with Crippen molar-refractivity contribution < 1.29 is 9.90 Å². The van der Waals surface area contributed by atoms with Crippen molar-refractivity contribution in [2.45, 2.75) is 25.4 Å². The topological polar surface area (TPSA) is 58.4 Å². The zero-order chi connectivity index (χ0) is 14.7. The summed E-state index contributed by atoms with van der Waals surface area (Å²) in [4.78, 5) is 13.6. The summed E-state index contributed by atoms with van der Waals surface area (Å²) in [7, 11) is 0. The molecule has 0 spiro atoms. The zero-order valence-electron chi connectivity index (χ0n) is 11.9. The molecule has 21 heavy (non-hydrogen) atoms. The van der Waals surface area contributed by atoms with Gasteiger partial charge in [-0.25, -0.2) is 0 Å². The highest BCUT2D eigenvalue weighted by Gasteiger charge is 2.30. The quantitative estimate of drug-likeness (QED) is 0.914. The third-order valence-corrected chi connectivity index (χ3v) is 3.90. The fourth-order valence-electron chi connectivity index (χ4n) is 2.89. The summed E-state index contributed by atoms with van der Waals surface area (Å²) in [6, 6.07) is 9.46. The SMILES string of the molecule is O=C(O)C(c1cnn(Cc2ccccc2)c1)N1CCCC1. The van der Waals surface area contributed by atoms with Crippen LogP contribution in [0, 0.1) is 0 Å². The van der Waals surface area contributed by atoms with Gasteiger partial charge in [-0.15, -0.1) is 0 Å². The van der Waals surface area contributed by atoms with E-state index in [0.29, 0.717) is 6.54 Å². The molecule has 5 nitrogen and oxygen atoms in total. The van der Waals surface area contributed by atoms with E-state index in [1.165, 1.54) is 0 Å². The van der Waals surface area contributed by atoms with Gasteiger partial charge >= 0.3 is 5.97 Å². The zero-order valence-corrected chi connectivity index (χ0v) is 11.9. The first-order valence-corrected chi connectivity index (χ1v) is 7.27. The fraction of sp³-hybridized carbons (Fsp3) is 0.375. The van der Waals surface area contributed by atoms with Crippen LogP contribution >= 0.6 is 0 Å². The van der Waals surface area contributed by atoms with Gasteiger partial charge in [0.2, 0.25) is 0 Å². The van der Waals surface area contributed by atoms with Crippen molar-refractivity contribution in [3.8, 4) is 0 Å². The lowest BCUT2D eigenvalue weighted by molar-refractivity contribution is -0.143. The van der Waals surface area contributed by atoms with Crippen molar-refractivity contribution >= 4 is 5.97 Å². The first-order chi connectivity index (χ1) is 10.2. The maximum atomic E-state index is 11.6. The second-order valence-electron chi connectivity index (χ2n) is 5.44. The van der Waals surface area contributed by atoms with E-state index in [2.05, 4.69) is 5.10 Å². The Hall–Kier alpha value is -2.14. The summed E-state index contributed by atoms with van der Waals surface area (Å²) < 4.78 is 1.80. The number of hydrogen-bond acceptors (Lipinski definition) is 3. The molecular formula is C16H19N3O2. The Labute approximate surface area is 123 Å². The second-order valence-corrected chi connectivity index (χ2v) is 5.44. The molecule has 5 heteroatoms. The van der Waals surface area contributed by atoms with Gasteiger partial charge in [0.15, 0.2) is 0 Å². The van der Waals surface area contributed by atoms with Crippen molar-refractivity contribution in [2.75, 3.05) is 13.1 Å². The summed E-state index contributed by atoms with van der Waals surface area (Å²) in [5, 5.41) is 13.8.